The molecule has 1 fully saturated rings. The van der Waals surface area contributed by atoms with Crippen LogP contribution in [0.5, 0.6) is 5.75 Å². The number of nitrogens with zero attached hydrogens (tertiary/aromatic N) is 2. The number of benzene rings is 2. The molecule has 0 spiro atoms. The third-order valence-electron chi connectivity index (χ3n) is 6.47. The van der Waals surface area contributed by atoms with Crippen LogP contribution in [0.3, 0.4) is 0 Å². The number of ether oxygens (including phenoxy) is 1. The molecule has 2 aromatic rings. The maximum atomic E-state index is 5.53. The van der Waals surface area contributed by atoms with E-state index in [0.717, 1.165) is 18.7 Å². The van der Waals surface area contributed by atoms with Gasteiger partial charge in [-0.2, -0.15) is 0 Å². The van der Waals surface area contributed by atoms with E-state index in [1.807, 2.05) is 0 Å². The monoisotopic (exact) mass is 380 g/mol. The van der Waals surface area contributed by atoms with E-state index in [-0.39, 0.29) is 0 Å². The van der Waals surface area contributed by atoms with Crippen LogP contribution in [0.2, 0.25) is 0 Å². The quantitative estimate of drug-likeness (QED) is 0.780. The van der Waals surface area contributed by atoms with Crippen molar-refractivity contribution in [3.8, 4) is 5.75 Å². The largest absolute Gasteiger partial charge is 0.496 e. The van der Waals surface area contributed by atoms with Crippen molar-refractivity contribution < 1.29 is 4.74 Å². The Bertz CT molecular complexity index is 824. The zero-order chi connectivity index (χ0) is 18.2. The van der Waals surface area contributed by atoms with E-state index in [4.69, 9.17) is 4.74 Å². The first-order valence-electron chi connectivity index (χ1n) is 10.2. The summed E-state index contributed by atoms with van der Waals surface area (Å²) in [7, 11) is 1.77. The summed E-state index contributed by atoms with van der Waals surface area (Å²) in [5.41, 5.74) is 4.50. The summed E-state index contributed by atoms with van der Waals surface area (Å²) in [6.45, 7) is 4.76. The number of piperidine rings is 1. The Labute approximate surface area is 166 Å². The van der Waals surface area contributed by atoms with E-state index in [0.29, 0.717) is 12.0 Å². The fraction of sp³-hybridized carbons (Fsp3) is 0.478. The van der Waals surface area contributed by atoms with Gasteiger partial charge in [0.2, 0.25) is 0 Å². The summed E-state index contributed by atoms with van der Waals surface area (Å²) in [5.74, 6) is 2.95. The Morgan fingerprint density at radius 2 is 2.04 bits per heavy atom. The summed E-state index contributed by atoms with van der Waals surface area (Å²) in [6.07, 6.45) is 3.66. The zero-order valence-electron chi connectivity index (χ0n) is 16.1. The van der Waals surface area contributed by atoms with Crippen LogP contribution in [0.1, 0.15) is 29.9 Å². The van der Waals surface area contributed by atoms with E-state index in [1.54, 1.807) is 18.4 Å². The molecule has 0 unspecified atom stereocenters. The summed E-state index contributed by atoms with van der Waals surface area (Å²) in [4.78, 5) is 6.94. The highest BCUT2D eigenvalue weighted by atomic mass is 32.2. The normalized spacial score (nSPS) is 24.3. The number of thioether (sulfide) groups is 1. The average Bonchev–Trinajstić information content (AvgIpc) is 2.87. The topological polar surface area (TPSA) is 15.7 Å². The molecule has 1 saturated heterocycles. The number of hydrogen-bond acceptors (Lipinski definition) is 4. The molecule has 5 rings (SSSR count). The number of hydrogen-bond donors (Lipinski definition) is 0. The number of anilines is 1. The van der Waals surface area contributed by atoms with Crippen LogP contribution in [0.4, 0.5) is 5.69 Å². The molecule has 0 radical (unpaired) electrons. The Morgan fingerprint density at radius 3 is 2.96 bits per heavy atom. The van der Waals surface area contributed by atoms with Crippen molar-refractivity contribution in [3.63, 3.8) is 0 Å². The van der Waals surface area contributed by atoms with Gasteiger partial charge in [-0.15, -0.1) is 11.8 Å². The molecular weight excluding hydrogens is 352 g/mol. The second-order valence-electron chi connectivity index (χ2n) is 7.91. The number of methoxy groups -OCH3 is 1. The first-order chi connectivity index (χ1) is 13.3. The highest BCUT2D eigenvalue weighted by Gasteiger charge is 2.43. The lowest BCUT2D eigenvalue weighted by atomic mass is 9.89. The summed E-state index contributed by atoms with van der Waals surface area (Å²) in [5, 5.41) is 0. The van der Waals surface area contributed by atoms with Crippen LogP contribution >= 0.6 is 11.8 Å². The van der Waals surface area contributed by atoms with Gasteiger partial charge in [-0.3, -0.25) is 0 Å². The van der Waals surface area contributed by atoms with E-state index in [9.17, 15) is 0 Å². The minimum Gasteiger partial charge on any atom is -0.496 e. The van der Waals surface area contributed by atoms with Crippen molar-refractivity contribution in [1.29, 1.82) is 0 Å². The number of likely N-dealkylation sites (tertiary alicyclic amines) is 1. The smallest absolute Gasteiger partial charge is 0.122 e. The van der Waals surface area contributed by atoms with Gasteiger partial charge in [-0.1, -0.05) is 30.3 Å². The minimum atomic E-state index is 0.671. The fourth-order valence-electron chi connectivity index (χ4n) is 5.20. The molecule has 3 heterocycles. The highest BCUT2D eigenvalue weighted by Crippen LogP contribution is 2.50. The van der Waals surface area contributed by atoms with Crippen LogP contribution in [0.15, 0.2) is 47.4 Å². The Morgan fingerprint density at radius 1 is 1.11 bits per heavy atom. The van der Waals surface area contributed by atoms with Crippen LogP contribution < -0.4 is 9.64 Å². The molecule has 27 heavy (non-hydrogen) atoms. The van der Waals surface area contributed by atoms with Gasteiger partial charge in [-0.05, 0) is 48.3 Å². The summed E-state index contributed by atoms with van der Waals surface area (Å²) < 4.78 is 5.53. The predicted molar refractivity (Wildman–Crippen MR) is 113 cm³/mol. The van der Waals surface area contributed by atoms with Crippen molar-refractivity contribution in [1.82, 2.24) is 4.90 Å². The summed E-state index contributed by atoms with van der Waals surface area (Å²) in [6, 6.07) is 16.2. The second-order valence-corrected chi connectivity index (χ2v) is 9.05. The minimum absolute atomic E-state index is 0.671. The second kappa shape index (κ2) is 7.40. The predicted octanol–water partition coefficient (Wildman–Crippen LogP) is 4.41. The molecule has 0 saturated carbocycles. The Hall–Kier alpha value is -1.65. The highest BCUT2D eigenvalue weighted by molar-refractivity contribution is 7.99. The number of fused-ring (bicyclic) bond motifs is 3. The van der Waals surface area contributed by atoms with E-state index >= 15 is 0 Å². The molecule has 0 aliphatic carbocycles. The lowest BCUT2D eigenvalue weighted by molar-refractivity contribution is 0.195. The average molecular weight is 381 g/mol. The molecular formula is C23H28N2OS. The summed E-state index contributed by atoms with van der Waals surface area (Å²) >= 11 is 2.06. The van der Waals surface area contributed by atoms with E-state index < -0.39 is 0 Å². The lowest BCUT2D eigenvalue weighted by Gasteiger charge is -2.39. The van der Waals surface area contributed by atoms with Crippen LogP contribution in [0, 0.1) is 0 Å². The maximum Gasteiger partial charge on any atom is 0.122 e. The lowest BCUT2D eigenvalue weighted by Crippen LogP contribution is -2.47. The molecule has 2 aromatic carbocycles. The van der Waals surface area contributed by atoms with Crippen molar-refractivity contribution in [2.45, 2.75) is 36.1 Å². The van der Waals surface area contributed by atoms with Crippen molar-refractivity contribution in [2.24, 2.45) is 0 Å². The molecule has 3 nitrogen and oxygen atoms in total. The van der Waals surface area contributed by atoms with Gasteiger partial charge in [0.15, 0.2) is 0 Å². The number of para-hydroxylation sites is 2. The van der Waals surface area contributed by atoms with Crippen molar-refractivity contribution in [3.05, 3.63) is 53.6 Å². The van der Waals surface area contributed by atoms with Gasteiger partial charge in [-0.25, -0.2) is 0 Å². The van der Waals surface area contributed by atoms with Crippen LogP contribution in [0.25, 0.3) is 0 Å². The molecule has 0 bridgehead atoms. The first-order valence-corrected chi connectivity index (χ1v) is 11.2. The Kier molecular flexibility index (Phi) is 4.78. The SMILES string of the molecule is COc1ccccc1CCN1CC[C@@H]2[C@H](C1)c1cccc3c1N2CCCS3. The molecule has 3 aliphatic heterocycles. The molecule has 3 aliphatic rings. The zero-order valence-corrected chi connectivity index (χ0v) is 16.9. The molecule has 2 atom stereocenters. The Balaban J connectivity index is 1.33. The third kappa shape index (κ3) is 3.13. The van der Waals surface area contributed by atoms with Gasteiger partial charge < -0.3 is 14.5 Å². The van der Waals surface area contributed by atoms with E-state index in [1.165, 1.54) is 48.7 Å². The molecule has 0 amide bonds. The van der Waals surface area contributed by atoms with Gasteiger partial charge in [0.1, 0.15) is 5.75 Å². The molecule has 142 valence electrons. The maximum absolute atomic E-state index is 5.53. The third-order valence-corrected chi connectivity index (χ3v) is 7.60. The van der Waals surface area contributed by atoms with Crippen LogP contribution in [-0.4, -0.2) is 50.0 Å². The fourth-order valence-corrected chi connectivity index (χ4v) is 6.24. The van der Waals surface area contributed by atoms with E-state index in [2.05, 4.69) is 64.0 Å². The van der Waals surface area contributed by atoms with Gasteiger partial charge in [0, 0.05) is 43.0 Å². The number of rotatable bonds is 4. The van der Waals surface area contributed by atoms with Crippen LogP contribution in [-0.2, 0) is 6.42 Å². The van der Waals surface area contributed by atoms with Crippen molar-refractivity contribution in [2.75, 3.05) is 43.9 Å². The van der Waals surface area contributed by atoms with Gasteiger partial charge in [0.25, 0.3) is 0 Å². The molecule has 0 N–H and O–H groups in total. The van der Waals surface area contributed by atoms with Crippen molar-refractivity contribution >= 4 is 17.4 Å². The molecule has 0 aromatic heterocycles. The first kappa shape index (κ1) is 17.4. The molecule has 4 heteroatoms. The van der Waals surface area contributed by atoms with Gasteiger partial charge in [0.05, 0.1) is 12.8 Å². The van der Waals surface area contributed by atoms with Gasteiger partial charge >= 0.3 is 0 Å². The standard InChI is InChI=1S/C23H28N2OS/c1-26-21-8-3-2-6-17(21)10-13-24-14-11-20-19(16-24)18-7-4-9-22-23(18)25(20)12-5-15-27-22/h2-4,6-9,19-20H,5,10-16H2,1H3/t19-,20-/m1/s1.